The molecule has 1 N–H and O–H groups in total. The van der Waals surface area contributed by atoms with Crippen molar-refractivity contribution >= 4 is 0 Å². The molecule has 1 aromatic carbocycles. The molecule has 0 fully saturated rings. The van der Waals surface area contributed by atoms with Crippen molar-refractivity contribution in [1.82, 2.24) is 0 Å². The standard InChI is InChI=1S/C15H22F2O2/c16-14-8-7-13(11-15(14)17)12-19-10-6-4-2-1-3-5-9-18/h7-8,11,18H,1-6,9-10,12H2. The first-order valence-corrected chi connectivity index (χ1v) is 6.86. The van der Waals surface area contributed by atoms with Gasteiger partial charge in [0.2, 0.25) is 0 Å². The van der Waals surface area contributed by atoms with E-state index in [2.05, 4.69) is 0 Å². The lowest BCUT2D eigenvalue weighted by atomic mass is 10.1. The van der Waals surface area contributed by atoms with Crippen LogP contribution in [-0.4, -0.2) is 18.3 Å². The minimum Gasteiger partial charge on any atom is -0.396 e. The number of benzene rings is 1. The van der Waals surface area contributed by atoms with Crippen molar-refractivity contribution < 1.29 is 18.6 Å². The Labute approximate surface area is 113 Å². The Morgan fingerprint density at radius 3 is 2.26 bits per heavy atom. The van der Waals surface area contributed by atoms with Crippen LogP contribution in [0.25, 0.3) is 0 Å². The Hall–Kier alpha value is -1.00. The summed E-state index contributed by atoms with van der Waals surface area (Å²) >= 11 is 0. The van der Waals surface area contributed by atoms with Crippen LogP contribution in [0.2, 0.25) is 0 Å². The third-order valence-electron chi connectivity index (χ3n) is 2.95. The molecular formula is C15H22F2O2. The maximum atomic E-state index is 12.9. The van der Waals surface area contributed by atoms with Crippen molar-refractivity contribution in [3.8, 4) is 0 Å². The van der Waals surface area contributed by atoms with Crippen molar-refractivity contribution in [2.45, 2.75) is 45.1 Å². The summed E-state index contributed by atoms with van der Waals surface area (Å²) in [7, 11) is 0. The van der Waals surface area contributed by atoms with Crippen LogP contribution in [0.4, 0.5) is 8.78 Å². The number of aliphatic hydroxyl groups excluding tert-OH is 1. The number of ether oxygens (including phenoxy) is 1. The zero-order valence-corrected chi connectivity index (χ0v) is 11.2. The molecule has 0 atom stereocenters. The number of hydrogen-bond acceptors (Lipinski definition) is 2. The zero-order valence-electron chi connectivity index (χ0n) is 11.2. The highest BCUT2D eigenvalue weighted by molar-refractivity contribution is 5.16. The number of aliphatic hydroxyl groups is 1. The van der Waals surface area contributed by atoms with Crippen LogP contribution in [-0.2, 0) is 11.3 Å². The Kier molecular flexibility index (Phi) is 8.34. The smallest absolute Gasteiger partial charge is 0.159 e. The minimum absolute atomic E-state index is 0.275. The van der Waals surface area contributed by atoms with Gasteiger partial charge in [0.15, 0.2) is 11.6 Å². The number of rotatable bonds is 10. The topological polar surface area (TPSA) is 29.5 Å². The molecule has 0 bridgehead atoms. The van der Waals surface area contributed by atoms with Crippen LogP contribution in [0, 0.1) is 11.6 Å². The van der Waals surface area contributed by atoms with E-state index < -0.39 is 11.6 Å². The fraction of sp³-hybridized carbons (Fsp3) is 0.600. The molecule has 4 heteroatoms. The van der Waals surface area contributed by atoms with E-state index in [9.17, 15) is 8.78 Å². The van der Waals surface area contributed by atoms with Gasteiger partial charge in [0.1, 0.15) is 0 Å². The summed E-state index contributed by atoms with van der Waals surface area (Å²) < 4.78 is 31.0. The highest BCUT2D eigenvalue weighted by atomic mass is 19.2. The summed E-state index contributed by atoms with van der Waals surface area (Å²) in [6, 6.07) is 3.83. The van der Waals surface area contributed by atoms with Gasteiger partial charge in [-0.05, 0) is 30.5 Å². The van der Waals surface area contributed by atoms with Gasteiger partial charge >= 0.3 is 0 Å². The first kappa shape index (κ1) is 16.1. The molecule has 0 aliphatic heterocycles. The van der Waals surface area contributed by atoms with E-state index in [0.29, 0.717) is 18.8 Å². The van der Waals surface area contributed by atoms with Crippen LogP contribution in [0.15, 0.2) is 18.2 Å². The lowest BCUT2D eigenvalue weighted by Crippen LogP contribution is -1.97. The van der Waals surface area contributed by atoms with Gasteiger partial charge in [0, 0.05) is 13.2 Å². The Bertz CT molecular complexity index is 356. The van der Waals surface area contributed by atoms with Gasteiger partial charge in [-0.3, -0.25) is 0 Å². The quantitative estimate of drug-likeness (QED) is 0.656. The minimum atomic E-state index is -0.829. The second kappa shape index (κ2) is 9.87. The van der Waals surface area contributed by atoms with Gasteiger partial charge in [0.05, 0.1) is 6.61 Å². The molecule has 0 amide bonds. The predicted molar refractivity (Wildman–Crippen MR) is 70.8 cm³/mol. The number of hydrogen-bond donors (Lipinski definition) is 1. The van der Waals surface area contributed by atoms with E-state index in [1.54, 1.807) is 0 Å². The van der Waals surface area contributed by atoms with Gasteiger partial charge in [0.25, 0.3) is 0 Å². The molecule has 108 valence electrons. The lowest BCUT2D eigenvalue weighted by Gasteiger charge is -2.05. The van der Waals surface area contributed by atoms with Crippen molar-refractivity contribution in [2.24, 2.45) is 0 Å². The molecule has 19 heavy (non-hydrogen) atoms. The van der Waals surface area contributed by atoms with Crippen molar-refractivity contribution in [1.29, 1.82) is 0 Å². The van der Waals surface area contributed by atoms with Gasteiger partial charge in [-0.1, -0.05) is 31.7 Å². The largest absolute Gasteiger partial charge is 0.396 e. The van der Waals surface area contributed by atoms with E-state index in [-0.39, 0.29) is 6.61 Å². The van der Waals surface area contributed by atoms with Crippen molar-refractivity contribution in [3.05, 3.63) is 35.4 Å². The van der Waals surface area contributed by atoms with E-state index in [0.717, 1.165) is 44.6 Å². The Morgan fingerprint density at radius 1 is 0.895 bits per heavy atom. The lowest BCUT2D eigenvalue weighted by molar-refractivity contribution is 0.116. The molecular weight excluding hydrogens is 250 g/mol. The first-order valence-electron chi connectivity index (χ1n) is 6.86. The van der Waals surface area contributed by atoms with E-state index in [1.165, 1.54) is 12.1 Å². The fourth-order valence-electron chi connectivity index (χ4n) is 1.84. The van der Waals surface area contributed by atoms with Gasteiger partial charge < -0.3 is 9.84 Å². The SMILES string of the molecule is OCCCCCCCCOCc1ccc(F)c(F)c1. The van der Waals surface area contributed by atoms with Gasteiger partial charge in [-0.25, -0.2) is 8.78 Å². The Balaban J connectivity index is 2.00. The third kappa shape index (κ3) is 7.23. The predicted octanol–water partition coefficient (Wildman–Crippen LogP) is 3.81. The fourth-order valence-corrected chi connectivity index (χ4v) is 1.84. The molecule has 1 rings (SSSR count). The maximum Gasteiger partial charge on any atom is 0.159 e. The average Bonchev–Trinajstić information content (AvgIpc) is 2.41. The van der Waals surface area contributed by atoms with Crippen LogP contribution in [0.1, 0.15) is 44.1 Å². The van der Waals surface area contributed by atoms with E-state index in [4.69, 9.17) is 9.84 Å². The highest BCUT2D eigenvalue weighted by Gasteiger charge is 2.02. The summed E-state index contributed by atoms with van der Waals surface area (Å²) in [5.74, 6) is -1.66. The second-order valence-electron chi connectivity index (χ2n) is 4.65. The van der Waals surface area contributed by atoms with Crippen molar-refractivity contribution in [2.75, 3.05) is 13.2 Å². The molecule has 0 spiro atoms. The monoisotopic (exact) mass is 272 g/mol. The Morgan fingerprint density at radius 2 is 1.58 bits per heavy atom. The molecule has 0 unspecified atom stereocenters. The molecule has 0 aliphatic carbocycles. The molecule has 0 radical (unpaired) electrons. The molecule has 0 saturated carbocycles. The van der Waals surface area contributed by atoms with Gasteiger partial charge in [-0.2, -0.15) is 0 Å². The molecule has 0 heterocycles. The molecule has 2 nitrogen and oxygen atoms in total. The maximum absolute atomic E-state index is 12.9. The third-order valence-corrected chi connectivity index (χ3v) is 2.95. The highest BCUT2D eigenvalue weighted by Crippen LogP contribution is 2.10. The van der Waals surface area contributed by atoms with Crippen LogP contribution in [0.3, 0.4) is 0 Å². The zero-order chi connectivity index (χ0) is 13.9. The van der Waals surface area contributed by atoms with Gasteiger partial charge in [-0.15, -0.1) is 0 Å². The van der Waals surface area contributed by atoms with Crippen LogP contribution >= 0.6 is 0 Å². The first-order chi connectivity index (χ1) is 9.24. The number of halogens is 2. The molecule has 1 aromatic rings. The summed E-state index contributed by atoms with van der Waals surface area (Å²) in [5, 5.41) is 8.61. The normalized spacial score (nSPS) is 10.9. The number of unbranched alkanes of at least 4 members (excludes halogenated alkanes) is 5. The summed E-state index contributed by atoms with van der Waals surface area (Å²) in [6.07, 6.45) is 6.32. The average molecular weight is 272 g/mol. The summed E-state index contributed by atoms with van der Waals surface area (Å²) in [4.78, 5) is 0. The van der Waals surface area contributed by atoms with Crippen LogP contribution < -0.4 is 0 Å². The van der Waals surface area contributed by atoms with Crippen LogP contribution in [0.5, 0.6) is 0 Å². The molecule has 0 aliphatic rings. The summed E-state index contributed by atoms with van der Waals surface area (Å²) in [5.41, 5.74) is 0.654. The van der Waals surface area contributed by atoms with Crippen molar-refractivity contribution in [3.63, 3.8) is 0 Å². The molecule has 0 aromatic heterocycles. The second-order valence-corrected chi connectivity index (χ2v) is 4.65. The molecule has 0 saturated heterocycles. The van der Waals surface area contributed by atoms with E-state index >= 15 is 0 Å². The summed E-state index contributed by atoms with van der Waals surface area (Å²) in [6.45, 7) is 1.23. The van der Waals surface area contributed by atoms with E-state index in [1.807, 2.05) is 0 Å².